The summed E-state index contributed by atoms with van der Waals surface area (Å²) < 4.78 is 5.34. The van der Waals surface area contributed by atoms with E-state index in [2.05, 4.69) is 47.4 Å². The number of methoxy groups -OCH3 is 1. The van der Waals surface area contributed by atoms with Gasteiger partial charge in [-0.15, -0.1) is 0 Å². The quantitative estimate of drug-likeness (QED) is 0.842. The molecule has 0 aliphatic carbocycles. The number of rotatable bonds is 5. The van der Waals surface area contributed by atoms with Crippen LogP contribution < -0.4 is 14.5 Å². The zero-order chi connectivity index (χ0) is 20.1. The number of quaternary nitrogens is 1. The molecule has 2 heterocycles. The number of hydrogen-bond acceptors (Lipinski definition) is 3. The minimum Gasteiger partial charge on any atom is -0.497 e. The first-order chi connectivity index (χ1) is 14.2. The molecule has 0 saturated carbocycles. The minimum atomic E-state index is 0.276. The molecule has 5 nitrogen and oxygen atoms in total. The van der Waals surface area contributed by atoms with Crippen molar-refractivity contribution in [3.05, 3.63) is 66.2 Å². The zero-order valence-corrected chi connectivity index (χ0v) is 17.1. The van der Waals surface area contributed by atoms with E-state index in [1.54, 1.807) is 7.11 Å². The summed E-state index contributed by atoms with van der Waals surface area (Å²) in [5.74, 6) is 1.17. The van der Waals surface area contributed by atoms with Crippen molar-refractivity contribution in [3.8, 4) is 5.75 Å². The van der Waals surface area contributed by atoms with Gasteiger partial charge in [0.05, 0.1) is 33.3 Å². The van der Waals surface area contributed by atoms with Crippen molar-refractivity contribution >= 4 is 17.2 Å². The van der Waals surface area contributed by atoms with Crippen molar-refractivity contribution in [1.82, 2.24) is 4.90 Å². The molecule has 1 N–H and O–H groups in total. The van der Waals surface area contributed by atoms with E-state index < -0.39 is 0 Å². The minimum absolute atomic E-state index is 0.276. The highest BCUT2D eigenvalue weighted by Gasteiger charge is 2.26. The fraction of sp³-hybridized carbons (Fsp3) is 0.375. The summed E-state index contributed by atoms with van der Waals surface area (Å²) in [6.45, 7) is 6.06. The van der Waals surface area contributed by atoms with Gasteiger partial charge in [-0.1, -0.05) is 42.5 Å². The number of nitrogens with one attached hydrogen (secondary N) is 1. The third kappa shape index (κ3) is 4.80. The van der Waals surface area contributed by atoms with E-state index in [1.807, 2.05) is 23.1 Å². The van der Waals surface area contributed by atoms with E-state index in [1.165, 1.54) is 21.7 Å². The number of anilines is 1. The highest BCUT2D eigenvalue weighted by atomic mass is 16.5. The standard InChI is InChI=1S/C24H29N3O2/c1-29-23-9-5-8-22(18-23)26-16-14-25(15-17-26)19-24(28)27-12-10-21(11-13-27)20-6-3-2-4-7-20/h2-10,18H,11-17,19H2,1H3/p+1. The van der Waals surface area contributed by atoms with Crippen molar-refractivity contribution in [2.75, 3.05) is 57.8 Å². The lowest BCUT2D eigenvalue weighted by Crippen LogP contribution is -3.15. The predicted octanol–water partition coefficient (Wildman–Crippen LogP) is 1.72. The predicted molar refractivity (Wildman–Crippen MR) is 116 cm³/mol. The molecule has 1 amide bonds. The summed E-state index contributed by atoms with van der Waals surface area (Å²) >= 11 is 0. The van der Waals surface area contributed by atoms with Gasteiger partial charge >= 0.3 is 0 Å². The topological polar surface area (TPSA) is 37.2 Å². The molecule has 4 rings (SSSR count). The molecule has 1 saturated heterocycles. The van der Waals surface area contributed by atoms with E-state index in [-0.39, 0.29) is 5.91 Å². The van der Waals surface area contributed by atoms with E-state index in [0.29, 0.717) is 6.54 Å². The molecule has 2 aromatic carbocycles. The normalized spacial score (nSPS) is 17.8. The first-order valence-corrected chi connectivity index (χ1v) is 10.5. The lowest BCUT2D eigenvalue weighted by atomic mass is 9.99. The van der Waals surface area contributed by atoms with Crippen molar-refractivity contribution in [2.45, 2.75) is 6.42 Å². The van der Waals surface area contributed by atoms with Gasteiger partial charge in [0.2, 0.25) is 0 Å². The van der Waals surface area contributed by atoms with E-state index in [4.69, 9.17) is 4.74 Å². The number of carbonyl (C=O) groups excluding carboxylic acids is 1. The SMILES string of the molecule is COc1cccc(N2CC[NH+](CC(=O)N3CC=C(c4ccccc4)CC3)CC2)c1. The number of nitrogens with zero attached hydrogens (tertiary/aromatic N) is 2. The molecule has 0 spiro atoms. The monoisotopic (exact) mass is 392 g/mol. The number of ether oxygens (including phenoxy) is 1. The molecule has 0 unspecified atom stereocenters. The molecule has 152 valence electrons. The van der Waals surface area contributed by atoms with Crippen LogP contribution >= 0.6 is 0 Å². The average Bonchev–Trinajstić information content (AvgIpc) is 2.80. The molecule has 1 fully saturated rings. The second-order valence-corrected chi connectivity index (χ2v) is 7.80. The first kappa shape index (κ1) is 19.5. The van der Waals surface area contributed by atoms with Gasteiger partial charge in [0.15, 0.2) is 6.54 Å². The van der Waals surface area contributed by atoms with E-state index in [9.17, 15) is 4.79 Å². The van der Waals surface area contributed by atoms with Crippen LogP contribution in [0.5, 0.6) is 5.75 Å². The molecule has 2 aliphatic heterocycles. The maximum atomic E-state index is 12.8. The summed E-state index contributed by atoms with van der Waals surface area (Å²) in [5, 5.41) is 0. The highest BCUT2D eigenvalue weighted by Crippen LogP contribution is 2.22. The average molecular weight is 393 g/mol. The van der Waals surface area contributed by atoms with Crippen LogP contribution in [-0.4, -0.2) is 63.7 Å². The largest absolute Gasteiger partial charge is 0.497 e. The van der Waals surface area contributed by atoms with Gasteiger partial charge in [0.25, 0.3) is 5.91 Å². The Morgan fingerprint density at radius 1 is 1.03 bits per heavy atom. The molecule has 29 heavy (non-hydrogen) atoms. The second-order valence-electron chi connectivity index (χ2n) is 7.80. The van der Waals surface area contributed by atoms with Crippen molar-refractivity contribution < 1.29 is 14.4 Å². The van der Waals surface area contributed by atoms with Gasteiger partial charge in [-0.3, -0.25) is 4.79 Å². The summed E-state index contributed by atoms with van der Waals surface area (Å²) in [5.41, 5.74) is 3.83. The van der Waals surface area contributed by atoms with Crippen LogP contribution in [0.1, 0.15) is 12.0 Å². The Labute approximate surface area is 173 Å². The Balaban J connectivity index is 1.26. The van der Waals surface area contributed by atoms with Crippen molar-refractivity contribution in [3.63, 3.8) is 0 Å². The molecule has 2 aliphatic rings. The van der Waals surface area contributed by atoms with Gasteiger partial charge in [-0.2, -0.15) is 0 Å². The zero-order valence-electron chi connectivity index (χ0n) is 17.1. The summed E-state index contributed by atoms with van der Waals surface area (Å²) in [6.07, 6.45) is 3.15. The smallest absolute Gasteiger partial charge is 0.278 e. The van der Waals surface area contributed by atoms with Crippen LogP contribution in [-0.2, 0) is 4.79 Å². The third-order valence-electron chi connectivity index (χ3n) is 6.00. The molecule has 5 heteroatoms. The Morgan fingerprint density at radius 3 is 2.52 bits per heavy atom. The van der Waals surface area contributed by atoms with Crippen LogP contribution in [0.4, 0.5) is 5.69 Å². The highest BCUT2D eigenvalue weighted by molar-refractivity contribution is 5.79. The lowest BCUT2D eigenvalue weighted by molar-refractivity contribution is -0.892. The number of benzene rings is 2. The van der Waals surface area contributed by atoms with Gasteiger partial charge in [-0.05, 0) is 29.7 Å². The van der Waals surface area contributed by atoms with E-state index in [0.717, 1.165) is 51.4 Å². The Bertz CT molecular complexity index is 857. The van der Waals surface area contributed by atoms with Crippen LogP contribution in [0.3, 0.4) is 0 Å². The van der Waals surface area contributed by atoms with Gasteiger partial charge in [0.1, 0.15) is 5.75 Å². The number of hydrogen-bond donors (Lipinski definition) is 1. The summed E-state index contributed by atoms with van der Waals surface area (Å²) in [7, 11) is 1.70. The van der Waals surface area contributed by atoms with Crippen LogP contribution in [0.2, 0.25) is 0 Å². The molecule has 0 radical (unpaired) electrons. The fourth-order valence-electron chi connectivity index (χ4n) is 4.20. The van der Waals surface area contributed by atoms with Gasteiger partial charge in [-0.25, -0.2) is 0 Å². The summed E-state index contributed by atoms with van der Waals surface area (Å²) in [4.78, 5) is 18.6. The first-order valence-electron chi connectivity index (χ1n) is 10.5. The molecule has 0 bridgehead atoms. The Morgan fingerprint density at radius 2 is 1.83 bits per heavy atom. The maximum Gasteiger partial charge on any atom is 0.278 e. The second kappa shape index (κ2) is 9.14. The van der Waals surface area contributed by atoms with Crippen molar-refractivity contribution in [2.24, 2.45) is 0 Å². The van der Waals surface area contributed by atoms with Gasteiger partial charge < -0.3 is 19.4 Å². The van der Waals surface area contributed by atoms with Crippen LogP contribution in [0.15, 0.2) is 60.7 Å². The number of carbonyl (C=O) groups is 1. The van der Waals surface area contributed by atoms with E-state index >= 15 is 0 Å². The fourth-order valence-corrected chi connectivity index (χ4v) is 4.20. The van der Waals surface area contributed by atoms with Crippen molar-refractivity contribution in [1.29, 1.82) is 0 Å². The lowest BCUT2D eigenvalue weighted by Gasteiger charge is -2.34. The number of amides is 1. The Hall–Kier alpha value is -2.79. The molecule has 2 aromatic rings. The third-order valence-corrected chi connectivity index (χ3v) is 6.00. The molecule has 0 aromatic heterocycles. The molecular formula is C24H30N3O2+. The summed E-state index contributed by atoms with van der Waals surface area (Å²) in [6, 6.07) is 18.7. The van der Waals surface area contributed by atoms with Crippen LogP contribution in [0, 0.1) is 0 Å². The number of piperazine rings is 1. The molecular weight excluding hydrogens is 362 g/mol. The Kier molecular flexibility index (Phi) is 6.15. The maximum absolute atomic E-state index is 12.8. The van der Waals surface area contributed by atoms with Gasteiger partial charge in [0, 0.05) is 24.8 Å². The molecule has 0 atom stereocenters. The van der Waals surface area contributed by atoms with Crippen LogP contribution in [0.25, 0.3) is 5.57 Å².